The lowest BCUT2D eigenvalue weighted by Crippen LogP contribution is -2.01. The monoisotopic (exact) mass is 363 g/mol. The SMILES string of the molecule is OCCCC#Cc1csc2c(NCc3cccs3)nc(Cl)nc12. The van der Waals surface area contributed by atoms with Gasteiger partial charge in [-0.25, -0.2) is 4.98 Å². The number of nitrogens with one attached hydrogen (secondary N) is 1. The van der Waals surface area contributed by atoms with E-state index >= 15 is 0 Å². The molecule has 0 saturated heterocycles. The van der Waals surface area contributed by atoms with Crippen molar-refractivity contribution in [3.63, 3.8) is 0 Å². The average molecular weight is 364 g/mol. The van der Waals surface area contributed by atoms with Crippen LogP contribution in [0.2, 0.25) is 5.28 Å². The van der Waals surface area contributed by atoms with Crippen molar-refractivity contribution in [2.45, 2.75) is 19.4 Å². The van der Waals surface area contributed by atoms with Crippen LogP contribution in [0, 0.1) is 11.8 Å². The Labute approximate surface area is 147 Å². The van der Waals surface area contributed by atoms with Gasteiger partial charge in [-0.15, -0.1) is 22.7 Å². The van der Waals surface area contributed by atoms with Gasteiger partial charge in [-0.2, -0.15) is 4.98 Å². The summed E-state index contributed by atoms with van der Waals surface area (Å²) in [5.74, 6) is 6.89. The molecule has 0 fully saturated rings. The van der Waals surface area contributed by atoms with E-state index < -0.39 is 0 Å². The number of aromatic nitrogens is 2. The zero-order chi connectivity index (χ0) is 16.1. The largest absolute Gasteiger partial charge is 0.396 e. The number of aliphatic hydroxyl groups is 1. The van der Waals surface area contributed by atoms with Crippen molar-refractivity contribution in [2.75, 3.05) is 11.9 Å². The van der Waals surface area contributed by atoms with E-state index in [1.54, 1.807) is 22.7 Å². The Hall–Kier alpha value is -1.65. The predicted molar refractivity (Wildman–Crippen MR) is 97.3 cm³/mol. The molecular formula is C16H14ClN3OS2. The summed E-state index contributed by atoms with van der Waals surface area (Å²) < 4.78 is 0.956. The second kappa shape index (κ2) is 7.75. The fraction of sp³-hybridized carbons (Fsp3) is 0.250. The smallest absolute Gasteiger partial charge is 0.225 e. The fourth-order valence-electron chi connectivity index (χ4n) is 2.01. The number of rotatable bonds is 5. The van der Waals surface area contributed by atoms with Gasteiger partial charge in [0, 0.05) is 23.3 Å². The number of hydrogen-bond acceptors (Lipinski definition) is 6. The zero-order valence-corrected chi connectivity index (χ0v) is 14.6. The second-order valence-corrected chi connectivity index (χ2v) is 6.98. The molecular weight excluding hydrogens is 350 g/mol. The Morgan fingerprint density at radius 2 is 2.22 bits per heavy atom. The van der Waals surface area contributed by atoms with Crippen LogP contribution < -0.4 is 5.32 Å². The molecule has 7 heteroatoms. The molecule has 0 aliphatic heterocycles. The number of thiophene rings is 2. The first kappa shape index (κ1) is 16.2. The maximum Gasteiger partial charge on any atom is 0.225 e. The highest BCUT2D eigenvalue weighted by molar-refractivity contribution is 7.18. The molecule has 0 aliphatic carbocycles. The van der Waals surface area contributed by atoms with Crippen LogP contribution in [0.1, 0.15) is 23.3 Å². The maximum absolute atomic E-state index is 8.79. The van der Waals surface area contributed by atoms with Crippen molar-refractivity contribution < 1.29 is 5.11 Å². The third-order valence-electron chi connectivity index (χ3n) is 3.08. The summed E-state index contributed by atoms with van der Waals surface area (Å²) in [5.41, 5.74) is 1.63. The van der Waals surface area contributed by atoms with E-state index in [-0.39, 0.29) is 11.9 Å². The van der Waals surface area contributed by atoms with Crippen LogP contribution in [0.15, 0.2) is 22.9 Å². The average Bonchev–Trinajstić information content (AvgIpc) is 3.19. The third-order valence-corrected chi connectivity index (χ3v) is 5.10. The molecule has 3 heterocycles. The Bertz CT molecular complexity index is 849. The van der Waals surface area contributed by atoms with Crippen molar-refractivity contribution in [3.05, 3.63) is 38.6 Å². The Morgan fingerprint density at radius 1 is 1.30 bits per heavy atom. The van der Waals surface area contributed by atoms with Crippen LogP contribution in [-0.4, -0.2) is 21.7 Å². The van der Waals surface area contributed by atoms with E-state index in [1.807, 2.05) is 16.8 Å². The number of unbranched alkanes of at least 4 members (excludes halogenated alkanes) is 1. The summed E-state index contributed by atoms with van der Waals surface area (Å²) >= 11 is 9.31. The number of anilines is 1. The normalized spacial score (nSPS) is 10.5. The third kappa shape index (κ3) is 4.01. The maximum atomic E-state index is 8.79. The minimum absolute atomic E-state index is 0.157. The standard InChI is InChI=1S/C16H14ClN3OS2/c17-16-19-13-11(5-2-1-3-7-21)10-23-14(13)15(20-16)18-9-12-6-4-8-22-12/h4,6,8,10,21H,1,3,7,9H2,(H,18,19,20). The first-order valence-corrected chi connectivity index (χ1v) is 9.22. The highest BCUT2D eigenvalue weighted by atomic mass is 35.5. The second-order valence-electron chi connectivity index (χ2n) is 4.73. The number of nitrogens with zero attached hydrogens (tertiary/aromatic N) is 2. The first-order chi connectivity index (χ1) is 11.3. The Balaban J connectivity index is 1.86. The molecule has 0 aromatic carbocycles. The molecule has 0 atom stereocenters. The predicted octanol–water partition coefficient (Wildman–Crippen LogP) is 4.14. The zero-order valence-electron chi connectivity index (χ0n) is 12.2. The highest BCUT2D eigenvalue weighted by Gasteiger charge is 2.12. The Morgan fingerprint density at radius 3 is 3.00 bits per heavy atom. The Kier molecular flexibility index (Phi) is 5.47. The molecule has 0 spiro atoms. The van der Waals surface area contributed by atoms with Crippen molar-refractivity contribution in [1.29, 1.82) is 0 Å². The number of fused-ring (bicyclic) bond motifs is 1. The summed E-state index contributed by atoms with van der Waals surface area (Å²) in [6, 6.07) is 4.10. The molecule has 0 aliphatic rings. The van der Waals surface area contributed by atoms with E-state index in [4.69, 9.17) is 16.7 Å². The van der Waals surface area contributed by atoms with E-state index in [1.165, 1.54) is 4.88 Å². The minimum atomic E-state index is 0.157. The summed E-state index contributed by atoms with van der Waals surface area (Å²) in [6.45, 7) is 0.860. The molecule has 0 bridgehead atoms. The van der Waals surface area contributed by atoms with Gasteiger partial charge in [-0.3, -0.25) is 0 Å². The molecule has 3 rings (SSSR count). The van der Waals surface area contributed by atoms with Crippen molar-refractivity contribution in [2.24, 2.45) is 0 Å². The molecule has 0 amide bonds. The van der Waals surface area contributed by atoms with Gasteiger partial charge < -0.3 is 10.4 Å². The fourth-order valence-corrected chi connectivity index (χ4v) is 3.73. The van der Waals surface area contributed by atoms with Crippen LogP contribution in [0.5, 0.6) is 0 Å². The van der Waals surface area contributed by atoms with Gasteiger partial charge >= 0.3 is 0 Å². The van der Waals surface area contributed by atoms with E-state index in [2.05, 4.69) is 33.2 Å². The van der Waals surface area contributed by atoms with Gasteiger partial charge in [0.2, 0.25) is 5.28 Å². The summed E-state index contributed by atoms with van der Waals surface area (Å²) in [5, 5.41) is 16.3. The van der Waals surface area contributed by atoms with Crippen LogP contribution in [0.3, 0.4) is 0 Å². The number of halogens is 1. The topological polar surface area (TPSA) is 58.0 Å². The van der Waals surface area contributed by atoms with Gasteiger partial charge in [0.15, 0.2) is 0 Å². The first-order valence-electron chi connectivity index (χ1n) is 7.08. The van der Waals surface area contributed by atoms with Crippen LogP contribution in [0.4, 0.5) is 5.82 Å². The van der Waals surface area contributed by atoms with Crippen molar-refractivity contribution in [3.8, 4) is 11.8 Å². The molecule has 2 N–H and O–H groups in total. The van der Waals surface area contributed by atoms with Crippen molar-refractivity contribution >= 4 is 50.3 Å². The molecule has 23 heavy (non-hydrogen) atoms. The quantitative estimate of drug-likeness (QED) is 0.406. The number of hydrogen-bond donors (Lipinski definition) is 2. The lowest BCUT2D eigenvalue weighted by molar-refractivity contribution is 0.290. The minimum Gasteiger partial charge on any atom is -0.396 e. The molecule has 0 radical (unpaired) electrons. The van der Waals surface area contributed by atoms with Gasteiger partial charge in [-0.05, 0) is 29.5 Å². The van der Waals surface area contributed by atoms with Crippen LogP contribution in [-0.2, 0) is 6.54 Å². The molecule has 118 valence electrons. The van der Waals surface area contributed by atoms with E-state index in [9.17, 15) is 0 Å². The lowest BCUT2D eigenvalue weighted by Gasteiger charge is -2.05. The van der Waals surface area contributed by atoms with Crippen LogP contribution >= 0.6 is 34.3 Å². The van der Waals surface area contributed by atoms with Gasteiger partial charge in [0.25, 0.3) is 0 Å². The number of aliphatic hydroxyl groups excluding tert-OH is 1. The molecule has 3 aromatic heterocycles. The highest BCUT2D eigenvalue weighted by Crippen LogP contribution is 2.31. The molecule has 3 aromatic rings. The summed E-state index contributed by atoms with van der Waals surface area (Å²) in [7, 11) is 0. The van der Waals surface area contributed by atoms with Crippen molar-refractivity contribution in [1.82, 2.24) is 9.97 Å². The molecule has 4 nitrogen and oxygen atoms in total. The molecule has 0 saturated carbocycles. The lowest BCUT2D eigenvalue weighted by atomic mass is 10.2. The van der Waals surface area contributed by atoms with Gasteiger partial charge in [0.1, 0.15) is 11.3 Å². The van der Waals surface area contributed by atoms with Gasteiger partial charge in [0.05, 0.1) is 16.8 Å². The van der Waals surface area contributed by atoms with Crippen LogP contribution in [0.25, 0.3) is 10.2 Å². The summed E-state index contributed by atoms with van der Waals surface area (Å²) in [6.07, 6.45) is 1.34. The van der Waals surface area contributed by atoms with E-state index in [0.29, 0.717) is 19.4 Å². The summed E-state index contributed by atoms with van der Waals surface area (Å²) in [4.78, 5) is 9.85. The van der Waals surface area contributed by atoms with Gasteiger partial charge in [-0.1, -0.05) is 17.9 Å². The van der Waals surface area contributed by atoms with E-state index in [0.717, 1.165) is 21.6 Å². The molecule has 0 unspecified atom stereocenters.